The summed E-state index contributed by atoms with van der Waals surface area (Å²) in [6.07, 6.45) is 1.79. The van der Waals surface area contributed by atoms with E-state index in [4.69, 9.17) is 16.7 Å². The second-order valence-corrected chi connectivity index (χ2v) is 5.32. The summed E-state index contributed by atoms with van der Waals surface area (Å²) < 4.78 is 13.7. The van der Waals surface area contributed by atoms with Gasteiger partial charge in [-0.2, -0.15) is 0 Å². The molecule has 2 N–H and O–H groups in total. The van der Waals surface area contributed by atoms with E-state index < -0.39 is 23.6 Å². The van der Waals surface area contributed by atoms with Gasteiger partial charge in [0.15, 0.2) is 0 Å². The molecule has 6 heteroatoms. The molecule has 0 bridgehead atoms. The van der Waals surface area contributed by atoms with Crippen molar-refractivity contribution in [3.63, 3.8) is 0 Å². The van der Waals surface area contributed by atoms with Gasteiger partial charge < -0.3 is 10.4 Å². The third-order valence-corrected chi connectivity index (χ3v) is 3.95. The fourth-order valence-electron chi connectivity index (χ4n) is 2.57. The number of halogens is 2. The van der Waals surface area contributed by atoms with Gasteiger partial charge in [-0.1, -0.05) is 30.2 Å². The summed E-state index contributed by atoms with van der Waals surface area (Å²) in [5, 5.41) is 11.6. The summed E-state index contributed by atoms with van der Waals surface area (Å²) in [6, 6.07) is 4.56. The minimum Gasteiger partial charge on any atom is -0.481 e. The zero-order valence-corrected chi connectivity index (χ0v) is 11.5. The van der Waals surface area contributed by atoms with E-state index in [1.807, 2.05) is 0 Å². The predicted molar refractivity (Wildman–Crippen MR) is 71.7 cm³/mol. The highest BCUT2D eigenvalue weighted by atomic mass is 35.5. The third kappa shape index (κ3) is 3.10. The van der Waals surface area contributed by atoms with Crippen LogP contribution >= 0.6 is 11.6 Å². The molecule has 2 atom stereocenters. The number of hydrogen-bond acceptors (Lipinski definition) is 2. The maximum Gasteiger partial charge on any atom is 0.307 e. The van der Waals surface area contributed by atoms with Crippen LogP contribution in [-0.4, -0.2) is 17.0 Å². The average Bonchev–Trinajstić information content (AvgIpc) is 2.89. The Hall–Kier alpha value is -1.62. The molecule has 4 nitrogen and oxygen atoms in total. The molecule has 1 aromatic rings. The van der Waals surface area contributed by atoms with Gasteiger partial charge in [0.25, 0.3) is 0 Å². The van der Waals surface area contributed by atoms with Crippen molar-refractivity contribution in [2.75, 3.05) is 0 Å². The molecule has 1 saturated carbocycles. The van der Waals surface area contributed by atoms with Crippen LogP contribution in [0.5, 0.6) is 0 Å². The van der Waals surface area contributed by atoms with E-state index in [-0.39, 0.29) is 23.0 Å². The Kier molecular flexibility index (Phi) is 4.60. The van der Waals surface area contributed by atoms with E-state index >= 15 is 0 Å². The molecule has 1 aliphatic carbocycles. The topological polar surface area (TPSA) is 66.4 Å². The second-order valence-electron chi connectivity index (χ2n) is 4.91. The first kappa shape index (κ1) is 14.8. The highest BCUT2D eigenvalue weighted by Gasteiger charge is 2.37. The molecule has 1 aliphatic rings. The third-order valence-electron chi connectivity index (χ3n) is 3.65. The first-order valence-corrected chi connectivity index (χ1v) is 6.82. The van der Waals surface area contributed by atoms with Crippen LogP contribution in [-0.2, 0) is 16.1 Å². The predicted octanol–water partition coefficient (Wildman–Crippen LogP) is 2.60. The van der Waals surface area contributed by atoms with Crippen molar-refractivity contribution >= 4 is 23.5 Å². The van der Waals surface area contributed by atoms with Crippen LogP contribution in [0.15, 0.2) is 18.2 Å². The summed E-state index contributed by atoms with van der Waals surface area (Å²) in [5.41, 5.74) is 0.288. The monoisotopic (exact) mass is 299 g/mol. The van der Waals surface area contributed by atoms with Gasteiger partial charge in [-0.15, -0.1) is 0 Å². The van der Waals surface area contributed by atoms with Crippen molar-refractivity contribution in [1.82, 2.24) is 5.32 Å². The standard InChI is InChI=1S/C14H15ClFNO3/c15-11-6-1-3-8(12(11)16)7-17-13(18)9-4-2-5-10(9)14(19)20/h1,3,6,9-10H,2,4-5,7H2,(H,17,18)(H,19,20)/t9-,10-/m0/s1. The number of benzene rings is 1. The quantitative estimate of drug-likeness (QED) is 0.898. The Bertz CT molecular complexity index is 535. The Morgan fingerprint density at radius 3 is 2.75 bits per heavy atom. The van der Waals surface area contributed by atoms with Gasteiger partial charge in [0.2, 0.25) is 5.91 Å². The van der Waals surface area contributed by atoms with E-state index in [0.29, 0.717) is 12.8 Å². The van der Waals surface area contributed by atoms with Crippen molar-refractivity contribution in [1.29, 1.82) is 0 Å². The van der Waals surface area contributed by atoms with Crippen molar-refractivity contribution in [3.05, 3.63) is 34.6 Å². The number of carboxylic acids is 1. The van der Waals surface area contributed by atoms with E-state index in [2.05, 4.69) is 5.32 Å². The highest BCUT2D eigenvalue weighted by molar-refractivity contribution is 6.30. The molecule has 0 heterocycles. The first-order valence-electron chi connectivity index (χ1n) is 6.44. The largest absolute Gasteiger partial charge is 0.481 e. The molecule has 20 heavy (non-hydrogen) atoms. The van der Waals surface area contributed by atoms with Crippen molar-refractivity contribution < 1.29 is 19.1 Å². The Morgan fingerprint density at radius 2 is 2.05 bits per heavy atom. The number of amides is 1. The van der Waals surface area contributed by atoms with Crippen LogP contribution in [0.25, 0.3) is 0 Å². The van der Waals surface area contributed by atoms with E-state index in [1.54, 1.807) is 6.07 Å². The number of carbonyl (C=O) groups is 2. The lowest BCUT2D eigenvalue weighted by Gasteiger charge is -2.15. The van der Waals surface area contributed by atoms with Gasteiger partial charge >= 0.3 is 5.97 Å². The van der Waals surface area contributed by atoms with Crippen LogP contribution in [0.2, 0.25) is 5.02 Å². The minimum absolute atomic E-state index is 0.000952. The molecule has 0 aromatic heterocycles. The molecule has 0 radical (unpaired) electrons. The lowest BCUT2D eigenvalue weighted by molar-refractivity contribution is -0.146. The van der Waals surface area contributed by atoms with Gasteiger partial charge in [0.05, 0.1) is 16.9 Å². The molecule has 0 saturated heterocycles. The summed E-state index contributed by atoms with van der Waals surface area (Å²) >= 11 is 5.66. The maximum absolute atomic E-state index is 13.7. The van der Waals surface area contributed by atoms with Gasteiger partial charge in [0.1, 0.15) is 5.82 Å². The van der Waals surface area contributed by atoms with Crippen LogP contribution in [0, 0.1) is 17.7 Å². The molecule has 2 rings (SSSR count). The van der Waals surface area contributed by atoms with E-state index in [1.165, 1.54) is 12.1 Å². The van der Waals surface area contributed by atoms with E-state index in [0.717, 1.165) is 6.42 Å². The molecule has 0 spiro atoms. The van der Waals surface area contributed by atoms with Crippen molar-refractivity contribution in [3.8, 4) is 0 Å². The smallest absolute Gasteiger partial charge is 0.307 e. The van der Waals surface area contributed by atoms with Gasteiger partial charge in [-0.3, -0.25) is 9.59 Å². The number of carbonyl (C=O) groups excluding carboxylic acids is 1. The number of aliphatic carboxylic acids is 1. The molecule has 1 fully saturated rings. The Balaban J connectivity index is 1.98. The average molecular weight is 300 g/mol. The van der Waals surface area contributed by atoms with Crippen molar-refractivity contribution in [2.24, 2.45) is 11.8 Å². The van der Waals surface area contributed by atoms with Gasteiger partial charge in [-0.05, 0) is 18.9 Å². The van der Waals surface area contributed by atoms with E-state index in [9.17, 15) is 14.0 Å². The molecule has 0 aliphatic heterocycles. The van der Waals surface area contributed by atoms with Crippen LogP contribution in [0.1, 0.15) is 24.8 Å². The summed E-state index contributed by atoms with van der Waals surface area (Å²) in [5.74, 6) is -3.02. The molecule has 1 aromatic carbocycles. The molecule has 0 unspecified atom stereocenters. The second kappa shape index (κ2) is 6.22. The number of carboxylic acid groups (broad SMARTS) is 1. The van der Waals surface area contributed by atoms with Crippen LogP contribution in [0.4, 0.5) is 4.39 Å². The zero-order chi connectivity index (χ0) is 14.7. The number of rotatable bonds is 4. The van der Waals surface area contributed by atoms with Crippen molar-refractivity contribution in [2.45, 2.75) is 25.8 Å². The lowest BCUT2D eigenvalue weighted by atomic mass is 9.95. The highest BCUT2D eigenvalue weighted by Crippen LogP contribution is 2.32. The fraction of sp³-hybridized carbons (Fsp3) is 0.429. The van der Waals surface area contributed by atoms with Gasteiger partial charge in [0, 0.05) is 12.1 Å². The molecular weight excluding hydrogens is 285 g/mol. The van der Waals surface area contributed by atoms with Crippen LogP contribution in [0.3, 0.4) is 0 Å². The molecule has 108 valence electrons. The number of hydrogen-bond donors (Lipinski definition) is 2. The minimum atomic E-state index is -0.948. The normalized spacial score (nSPS) is 21.7. The fourth-order valence-corrected chi connectivity index (χ4v) is 2.76. The Labute approximate surface area is 120 Å². The summed E-state index contributed by atoms with van der Waals surface area (Å²) in [6.45, 7) is 0.00800. The SMILES string of the molecule is O=C(O)[C@H]1CCC[C@@H]1C(=O)NCc1cccc(Cl)c1F. The molecular formula is C14H15ClFNO3. The first-order chi connectivity index (χ1) is 9.50. The lowest BCUT2D eigenvalue weighted by Crippen LogP contribution is -2.35. The van der Waals surface area contributed by atoms with Crippen LogP contribution < -0.4 is 5.32 Å². The summed E-state index contributed by atoms with van der Waals surface area (Å²) in [7, 11) is 0. The van der Waals surface area contributed by atoms with Gasteiger partial charge in [-0.25, -0.2) is 4.39 Å². The Morgan fingerprint density at radius 1 is 1.35 bits per heavy atom. The zero-order valence-electron chi connectivity index (χ0n) is 10.7. The molecule has 1 amide bonds. The number of nitrogens with one attached hydrogen (secondary N) is 1. The maximum atomic E-state index is 13.7. The summed E-state index contributed by atoms with van der Waals surface area (Å²) in [4.78, 5) is 23.0.